The van der Waals surface area contributed by atoms with Crippen LogP contribution in [0.3, 0.4) is 0 Å². The lowest BCUT2D eigenvalue weighted by molar-refractivity contribution is 0.477. The molecule has 2 aromatic heterocycles. The lowest BCUT2D eigenvalue weighted by Crippen LogP contribution is -2.38. The highest BCUT2D eigenvalue weighted by Gasteiger charge is 2.07. The van der Waals surface area contributed by atoms with Crippen molar-refractivity contribution in [3.05, 3.63) is 39.0 Å². The Labute approximate surface area is 173 Å². The van der Waals surface area contributed by atoms with Crippen molar-refractivity contribution in [2.45, 2.75) is 32.9 Å². The van der Waals surface area contributed by atoms with Crippen LogP contribution < -0.4 is 5.32 Å². The Morgan fingerprint density at radius 1 is 1.42 bits per heavy atom. The highest BCUT2D eigenvalue weighted by Crippen LogP contribution is 2.22. The summed E-state index contributed by atoms with van der Waals surface area (Å²) in [5.74, 6) is 2.02. The van der Waals surface area contributed by atoms with Gasteiger partial charge in [-0.25, -0.2) is 4.98 Å². The Morgan fingerprint density at radius 2 is 2.21 bits per heavy atom. The Kier molecular flexibility index (Phi) is 9.91. The molecule has 0 aliphatic carbocycles. The van der Waals surface area contributed by atoms with Crippen LogP contribution >= 0.6 is 51.2 Å². The third kappa shape index (κ3) is 6.72. The van der Waals surface area contributed by atoms with Gasteiger partial charge in [-0.1, -0.05) is 0 Å². The summed E-state index contributed by atoms with van der Waals surface area (Å²) < 4.78 is 3.36. The van der Waals surface area contributed by atoms with E-state index in [0.717, 1.165) is 44.3 Å². The van der Waals surface area contributed by atoms with E-state index in [9.17, 15) is 0 Å². The van der Waals surface area contributed by atoms with Crippen molar-refractivity contribution in [3.8, 4) is 0 Å². The summed E-state index contributed by atoms with van der Waals surface area (Å²) in [4.78, 5) is 12.1. The second-order valence-corrected chi connectivity index (χ2v) is 7.96. The fourth-order valence-corrected chi connectivity index (χ4v) is 3.91. The van der Waals surface area contributed by atoms with Gasteiger partial charge in [-0.3, -0.25) is 4.99 Å². The molecule has 0 atom stereocenters. The number of hydrogen-bond acceptors (Lipinski definition) is 3. The Morgan fingerprint density at radius 3 is 2.79 bits per heavy atom. The lowest BCUT2D eigenvalue weighted by Gasteiger charge is -2.21. The summed E-state index contributed by atoms with van der Waals surface area (Å²) in [6, 6.07) is 4.23. The Hall–Kier alpha value is -0.610. The summed E-state index contributed by atoms with van der Waals surface area (Å²) in [5.41, 5.74) is 0. The first-order valence-corrected chi connectivity index (χ1v) is 9.35. The van der Waals surface area contributed by atoms with Gasteiger partial charge in [0.05, 0.1) is 10.3 Å². The van der Waals surface area contributed by atoms with Gasteiger partial charge in [-0.05, 0) is 47.8 Å². The fraction of sp³-hybridized carbons (Fsp3) is 0.500. The van der Waals surface area contributed by atoms with Crippen molar-refractivity contribution in [1.29, 1.82) is 0 Å². The fourth-order valence-electron chi connectivity index (χ4n) is 2.38. The van der Waals surface area contributed by atoms with Crippen molar-refractivity contribution < 1.29 is 0 Å². The minimum absolute atomic E-state index is 0. The number of aryl methyl sites for hydroxylation is 2. The van der Waals surface area contributed by atoms with E-state index in [1.807, 2.05) is 26.4 Å². The summed E-state index contributed by atoms with van der Waals surface area (Å²) in [6.45, 7) is 4.85. The van der Waals surface area contributed by atoms with Crippen LogP contribution in [0.2, 0.25) is 0 Å². The standard InChI is InChI=1S/C16H24BrN5S.HI/c1-13-19-9-11-22(13)10-5-4-8-20-16(18-2)21(3)12-14-6-7-15(17)23-14;/h6-7,9,11H,4-5,8,10,12H2,1-3H3,(H,18,20);1H. The first-order valence-electron chi connectivity index (χ1n) is 7.74. The number of rotatable bonds is 7. The molecule has 0 radical (unpaired) electrons. The number of aromatic nitrogens is 2. The van der Waals surface area contributed by atoms with Gasteiger partial charge in [0.2, 0.25) is 0 Å². The molecule has 2 rings (SSSR count). The predicted molar refractivity (Wildman–Crippen MR) is 116 cm³/mol. The molecule has 0 fully saturated rings. The predicted octanol–water partition coefficient (Wildman–Crippen LogP) is 4.12. The van der Waals surface area contributed by atoms with Crippen LogP contribution in [-0.2, 0) is 13.1 Å². The number of nitrogens with zero attached hydrogens (tertiary/aromatic N) is 4. The first-order chi connectivity index (χ1) is 11.1. The minimum Gasteiger partial charge on any atom is -0.356 e. The molecule has 0 aromatic carbocycles. The molecule has 0 aliphatic rings. The minimum atomic E-state index is 0. The van der Waals surface area contributed by atoms with Gasteiger partial charge in [0.15, 0.2) is 5.96 Å². The number of nitrogens with one attached hydrogen (secondary N) is 1. The van der Waals surface area contributed by atoms with Crippen LogP contribution in [0.5, 0.6) is 0 Å². The topological polar surface area (TPSA) is 45.5 Å². The van der Waals surface area contributed by atoms with Gasteiger partial charge in [0.25, 0.3) is 0 Å². The molecule has 0 amide bonds. The monoisotopic (exact) mass is 525 g/mol. The van der Waals surface area contributed by atoms with E-state index in [2.05, 4.69) is 59.9 Å². The molecule has 134 valence electrons. The van der Waals surface area contributed by atoms with Crippen LogP contribution in [0.25, 0.3) is 0 Å². The van der Waals surface area contributed by atoms with Gasteiger partial charge < -0.3 is 14.8 Å². The number of hydrogen-bond donors (Lipinski definition) is 1. The summed E-state index contributed by atoms with van der Waals surface area (Å²) in [6.07, 6.45) is 6.12. The maximum Gasteiger partial charge on any atom is 0.193 e. The van der Waals surface area contributed by atoms with Crippen LogP contribution in [-0.4, -0.2) is 41.1 Å². The SMILES string of the molecule is CN=C(NCCCCn1ccnc1C)N(C)Cc1ccc(Br)s1.I. The quantitative estimate of drug-likeness (QED) is 0.256. The van der Waals surface area contributed by atoms with Crippen LogP contribution in [0, 0.1) is 6.92 Å². The summed E-state index contributed by atoms with van der Waals surface area (Å²) in [7, 11) is 3.90. The normalized spacial score (nSPS) is 11.2. The lowest BCUT2D eigenvalue weighted by atomic mass is 10.3. The molecule has 0 bridgehead atoms. The molecular weight excluding hydrogens is 501 g/mol. The second kappa shape index (κ2) is 11.1. The van der Waals surface area contributed by atoms with Crippen molar-refractivity contribution in [2.24, 2.45) is 4.99 Å². The molecule has 0 unspecified atom stereocenters. The first kappa shape index (κ1) is 21.4. The van der Waals surface area contributed by atoms with Crippen LogP contribution in [0.15, 0.2) is 33.3 Å². The van der Waals surface area contributed by atoms with Gasteiger partial charge in [0, 0.05) is 44.5 Å². The average molecular weight is 526 g/mol. The van der Waals surface area contributed by atoms with E-state index < -0.39 is 0 Å². The van der Waals surface area contributed by atoms with E-state index in [1.165, 1.54) is 8.66 Å². The number of imidazole rings is 1. The van der Waals surface area contributed by atoms with Gasteiger partial charge in [-0.15, -0.1) is 35.3 Å². The van der Waals surface area contributed by atoms with Crippen molar-refractivity contribution >= 4 is 57.2 Å². The molecule has 0 saturated carbocycles. The Bertz CT molecular complexity index is 640. The molecule has 2 aromatic rings. The second-order valence-electron chi connectivity index (χ2n) is 5.41. The van der Waals surface area contributed by atoms with Gasteiger partial charge in [-0.2, -0.15) is 0 Å². The summed E-state index contributed by atoms with van der Waals surface area (Å²) in [5, 5.41) is 3.43. The maximum atomic E-state index is 4.36. The zero-order valence-electron chi connectivity index (χ0n) is 14.3. The molecule has 0 saturated heterocycles. The highest BCUT2D eigenvalue weighted by atomic mass is 127. The van der Waals surface area contributed by atoms with Gasteiger partial charge in [0.1, 0.15) is 5.82 Å². The van der Waals surface area contributed by atoms with E-state index in [4.69, 9.17) is 0 Å². The largest absolute Gasteiger partial charge is 0.356 e. The molecule has 2 heterocycles. The third-order valence-corrected chi connectivity index (χ3v) is 5.24. The zero-order chi connectivity index (χ0) is 16.7. The number of aliphatic imine (C=N–C) groups is 1. The van der Waals surface area contributed by atoms with Crippen LogP contribution in [0.1, 0.15) is 23.5 Å². The number of halogens is 2. The molecule has 5 nitrogen and oxygen atoms in total. The molecule has 1 N–H and O–H groups in total. The summed E-state index contributed by atoms with van der Waals surface area (Å²) >= 11 is 5.26. The Balaban J connectivity index is 0.00000288. The van der Waals surface area contributed by atoms with Crippen LogP contribution in [0.4, 0.5) is 0 Å². The molecule has 8 heteroatoms. The average Bonchev–Trinajstić information content (AvgIpc) is 3.11. The van der Waals surface area contributed by atoms with E-state index in [0.29, 0.717) is 0 Å². The highest BCUT2D eigenvalue weighted by molar-refractivity contribution is 14.0. The molecule has 24 heavy (non-hydrogen) atoms. The molecule has 0 spiro atoms. The van der Waals surface area contributed by atoms with Crippen molar-refractivity contribution in [3.63, 3.8) is 0 Å². The number of thiophene rings is 1. The van der Waals surface area contributed by atoms with E-state index in [1.54, 1.807) is 11.3 Å². The smallest absolute Gasteiger partial charge is 0.193 e. The molecular formula is C16H25BrIN5S. The van der Waals surface area contributed by atoms with Crippen molar-refractivity contribution in [2.75, 3.05) is 20.6 Å². The third-order valence-electron chi connectivity index (χ3n) is 3.63. The zero-order valence-corrected chi connectivity index (χ0v) is 19.1. The maximum absolute atomic E-state index is 4.36. The van der Waals surface area contributed by atoms with Gasteiger partial charge >= 0.3 is 0 Å². The number of guanidine groups is 1. The van der Waals surface area contributed by atoms with Crippen molar-refractivity contribution in [1.82, 2.24) is 19.8 Å². The van der Waals surface area contributed by atoms with E-state index >= 15 is 0 Å². The van der Waals surface area contributed by atoms with E-state index in [-0.39, 0.29) is 24.0 Å². The molecule has 0 aliphatic heterocycles. The number of unbranched alkanes of at least 4 members (excludes halogenated alkanes) is 1.